The summed E-state index contributed by atoms with van der Waals surface area (Å²) in [5, 5.41) is 8.62. The van der Waals surface area contributed by atoms with Crippen LogP contribution in [0.3, 0.4) is 0 Å². The minimum absolute atomic E-state index is 0.0641. The fourth-order valence-electron chi connectivity index (χ4n) is 9.63. The molecule has 1 aromatic heterocycles. The number of para-hydroxylation sites is 4. The fraction of sp³-hybridized carbons (Fsp3) is 0.0556. The van der Waals surface area contributed by atoms with E-state index in [-0.39, 0.29) is 12.0 Å². The van der Waals surface area contributed by atoms with Gasteiger partial charge in [-0.2, -0.15) is 0 Å². The smallest absolute Gasteiger partial charge is 0.201 e. The molecule has 282 valence electrons. The molecule has 3 aliphatic rings. The lowest BCUT2D eigenvalue weighted by atomic mass is 9.77. The normalized spacial score (nSPS) is 16.5. The number of rotatable bonds is 7. The van der Waals surface area contributed by atoms with Crippen molar-refractivity contribution in [1.29, 1.82) is 0 Å². The number of hydrogen-bond donors (Lipinski definition) is 2. The van der Waals surface area contributed by atoms with Gasteiger partial charge in [0, 0.05) is 44.9 Å². The van der Waals surface area contributed by atoms with Gasteiger partial charge in [0.05, 0.1) is 28.5 Å². The molecule has 2 aliphatic carbocycles. The van der Waals surface area contributed by atoms with Gasteiger partial charge >= 0.3 is 0 Å². The number of nitrogens with two attached hydrogens (primary N) is 1. The first-order chi connectivity index (χ1) is 29.2. The standard InChI is InChI=1S/C54H41N5/c1-2-39-48(56-37-18-5-3-6-19-37)31-30-45-51-43-25-12-10-22-40(43)41-23-11-13-26-44(41)53(51)59(52(39)45)54(55)57-47-27-15-9-17-36(47)33-35-29-32-50-46(34-35)42-24-14-16-28-49(42)58(50)38-20-7-4-8-21-38/h2-32,34,44,53,56H,1,33H2,(H2,55,57). The lowest BCUT2D eigenvalue weighted by molar-refractivity contribution is 0.712. The first-order valence-corrected chi connectivity index (χ1v) is 20.3. The van der Waals surface area contributed by atoms with Crippen LogP contribution in [0, 0.1) is 5.92 Å². The molecule has 0 saturated heterocycles. The Bertz CT molecular complexity index is 3210. The molecule has 5 nitrogen and oxygen atoms in total. The lowest BCUT2D eigenvalue weighted by Crippen LogP contribution is -2.51. The van der Waals surface area contributed by atoms with Gasteiger partial charge in [0.2, 0.25) is 5.96 Å². The van der Waals surface area contributed by atoms with Crippen molar-refractivity contribution >= 4 is 67.7 Å². The Morgan fingerprint density at radius 3 is 2.29 bits per heavy atom. The molecular weight excluding hydrogens is 719 g/mol. The molecule has 11 rings (SSSR count). The Balaban J connectivity index is 1.05. The van der Waals surface area contributed by atoms with Crippen LogP contribution >= 0.6 is 0 Å². The second-order valence-corrected chi connectivity index (χ2v) is 15.4. The third-order valence-electron chi connectivity index (χ3n) is 12.1. The molecule has 3 N–H and O–H groups in total. The van der Waals surface area contributed by atoms with Crippen molar-refractivity contribution in [2.45, 2.75) is 12.5 Å². The third kappa shape index (κ3) is 5.65. The molecular formula is C54H41N5. The highest BCUT2D eigenvalue weighted by atomic mass is 15.3. The molecule has 0 spiro atoms. The van der Waals surface area contributed by atoms with E-state index in [0.29, 0.717) is 12.4 Å². The van der Waals surface area contributed by atoms with Crippen LogP contribution in [-0.4, -0.2) is 16.6 Å². The van der Waals surface area contributed by atoms with Crippen LogP contribution in [0.4, 0.5) is 22.7 Å². The van der Waals surface area contributed by atoms with E-state index in [0.717, 1.165) is 45.1 Å². The molecule has 1 aliphatic heterocycles. The molecule has 0 amide bonds. The maximum absolute atomic E-state index is 7.41. The second-order valence-electron chi connectivity index (χ2n) is 15.4. The number of guanidine groups is 1. The van der Waals surface area contributed by atoms with Gasteiger partial charge in [-0.05, 0) is 93.7 Å². The van der Waals surface area contributed by atoms with Crippen LogP contribution < -0.4 is 26.4 Å². The number of fused-ring (bicyclic) bond motifs is 9. The maximum atomic E-state index is 7.41. The van der Waals surface area contributed by atoms with Crippen molar-refractivity contribution in [3.63, 3.8) is 0 Å². The molecule has 2 atom stereocenters. The third-order valence-corrected chi connectivity index (χ3v) is 12.1. The predicted octanol–water partition coefficient (Wildman–Crippen LogP) is 10.7. The average molecular weight is 760 g/mol. The van der Waals surface area contributed by atoms with E-state index in [4.69, 9.17) is 10.7 Å². The van der Waals surface area contributed by atoms with Gasteiger partial charge in [-0.1, -0.05) is 146 Å². The van der Waals surface area contributed by atoms with E-state index < -0.39 is 0 Å². The zero-order chi connectivity index (χ0) is 39.5. The number of aromatic nitrogens is 1. The first-order valence-electron chi connectivity index (χ1n) is 20.3. The van der Waals surface area contributed by atoms with Gasteiger partial charge in [0.1, 0.15) is 0 Å². The Morgan fingerprint density at radius 1 is 0.712 bits per heavy atom. The molecule has 59 heavy (non-hydrogen) atoms. The number of aliphatic imine (C=N–C) groups is 1. The van der Waals surface area contributed by atoms with E-state index in [9.17, 15) is 0 Å². The molecule has 0 fully saturated rings. The largest absolute Gasteiger partial charge is 0.369 e. The van der Waals surface area contributed by atoms with E-state index >= 15 is 0 Å². The monoisotopic (exact) mass is 759 g/mol. The molecule has 0 saturated carbocycles. The van der Waals surface area contributed by atoms with Crippen molar-refractivity contribution < 1.29 is 0 Å². The van der Waals surface area contributed by atoms with E-state index in [1.165, 1.54) is 49.0 Å². The van der Waals surface area contributed by atoms with Gasteiger partial charge in [-0.25, -0.2) is 4.99 Å². The minimum atomic E-state index is -0.109. The van der Waals surface area contributed by atoms with Crippen LogP contribution in [0.5, 0.6) is 0 Å². The Kier molecular flexibility index (Phi) is 8.26. The second kappa shape index (κ2) is 14.1. The van der Waals surface area contributed by atoms with Crippen molar-refractivity contribution in [3.05, 3.63) is 227 Å². The summed E-state index contributed by atoms with van der Waals surface area (Å²) in [5.74, 6) is 0.510. The van der Waals surface area contributed by atoms with E-state index in [1.807, 2.05) is 24.3 Å². The zero-order valence-corrected chi connectivity index (χ0v) is 32.5. The topological polar surface area (TPSA) is 58.6 Å². The first kappa shape index (κ1) is 34.6. The summed E-state index contributed by atoms with van der Waals surface area (Å²) in [4.78, 5) is 7.64. The highest BCUT2D eigenvalue weighted by molar-refractivity contribution is 6.11. The van der Waals surface area contributed by atoms with Gasteiger partial charge in [0.25, 0.3) is 0 Å². The lowest BCUT2D eigenvalue weighted by Gasteiger charge is -2.36. The Morgan fingerprint density at radius 2 is 1.44 bits per heavy atom. The molecule has 7 aromatic carbocycles. The number of nitrogens with zero attached hydrogens (tertiary/aromatic N) is 3. The van der Waals surface area contributed by atoms with Crippen molar-refractivity contribution in [2.24, 2.45) is 16.6 Å². The van der Waals surface area contributed by atoms with Crippen LogP contribution in [0.2, 0.25) is 0 Å². The van der Waals surface area contributed by atoms with E-state index in [2.05, 4.69) is 191 Å². The van der Waals surface area contributed by atoms with Gasteiger partial charge in [-0.3, -0.25) is 0 Å². The van der Waals surface area contributed by atoms with Crippen LogP contribution in [-0.2, 0) is 6.42 Å². The number of allylic oxidation sites excluding steroid dienone is 3. The molecule has 2 heterocycles. The number of anilines is 3. The van der Waals surface area contributed by atoms with Crippen LogP contribution in [0.1, 0.15) is 22.3 Å². The van der Waals surface area contributed by atoms with Gasteiger partial charge in [0.15, 0.2) is 0 Å². The molecule has 8 aromatic rings. The van der Waals surface area contributed by atoms with Gasteiger partial charge in [-0.15, -0.1) is 0 Å². The fourth-order valence-corrected chi connectivity index (χ4v) is 9.63. The molecule has 0 bridgehead atoms. The highest BCUT2D eigenvalue weighted by Crippen LogP contribution is 2.50. The average Bonchev–Trinajstić information content (AvgIpc) is 3.81. The predicted molar refractivity (Wildman–Crippen MR) is 247 cm³/mol. The molecule has 2 unspecified atom stereocenters. The Labute approximate surface area is 343 Å². The zero-order valence-electron chi connectivity index (χ0n) is 32.5. The van der Waals surface area contributed by atoms with Crippen LogP contribution in [0.25, 0.3) is 44.7 Å². The number of benzene rings is 7. The highest BCUT2D eigenvalue weighted by Gasteiger charge is 2.45. The maximum Gasteiger partial charge on any atom is 0.201 e. The summed E-state index contributed by atoms with van der Waals surface area (Å²) in [5.41, 5.74) is 21.8. The minimum Gasteiger partial charge on any atom is -0.369 e. The summed E-state index contributed by atoms with van der Waals surface area (Å²) in [6.45, 7) is 4.36. The quantitative estimate of drug-likeness (QED) is 0.126. The van der Waals surface area contributed by atoms with Crippen molar-refractivity contribution in [2.75, 3.05) is 10.2 Å². The summed E-state index contributed by atoms with van der Waals surface area (Å²) >= 11 is 0. The summed E-state index contributed by atoms with van der Waals surface area (Å²) in [6.07, 6.45) is 11.5. The Hall–Kier alpha value is -7.63. The molecule has 5 heteroatoms. The SMILES string of the molecule is C=Cc1c(Nc2ccccc2)ccc2c1N(/C(N)=N/c1ccccc1Cc1ccc3c(c1)c1ccccc1n3-c1ccccc1)C1C2=c2ccccc2=C2C=CC=CC21. The molecule has 0 radical (unpaired) electrons. The summed E-state index contributed by atoms with van der Waals surface area (Å²) in [6, 6.07) is 57.9. The van der Waals surface area contributed by atoms with Crippen molar-refractivity contribution in [1.82, 2.24) is 4.57 Å². The summed E-state index contributed by atoms with van der Waals surface area (Å²) < 4.78 is 2.36. The number of hydrogen-bond acceptors (Lipinski definition) is 2. The van der Waals surface area contributed by atoms with E-state index in [1.54, 1.807) is 0 Å². The number of nitrogens with one attached hydrogen (secondary N) is 1. The van der Waals surface area contributed by atoms with Crippen molar-refractivity contribution in [3.8, 4) is 5.69 Å². The van der Waals surface area contributed by atoms with Crippen LogP contribution in [0.15, 0.2) is 200 Å². The van der Waals surface area contributed by atoms with Gasteiger partial charge < -0.3 is 20.5 Å². The summed E-state index contributed by atoms with van der Waals surface area (Å²) in [7, 11) is 0.